The van der Waals surface area contributed by atoms with Gasteiger partial charge in [-0.25, -0.2) is 48.3 Å². The third-order valence-corrected chi connectivity index (χ3v) is 6.30. The zero-order chi connectivity index (χ0) is 30.3. The summed E-state index contributed by atoms with van der Waals surface area (Å²) >= 11 is 0. The van der Waals surface area contributed by atoms with E-state index in [4.69, 9.17) is 0 Å². The smallest absolute Gasteiger partial charge is 0.206 e. The van der Waals surface area contributed by atoms with Gasteiger partial charge >= 0.3 is 6.18 Å². The largest absolute Gasteiger partial charge is 0.422 e. The van der Waals surface area contributed by atoms with Crippen molar-refractivity contribution < 1.29 is 61.5 Å². The van der Waals surface area contributed by atoms with Crippen molar-refractivity contribution in [2.24, 2.45) is 0 Å². The summed E-state index contributed by atoms with van der Waals surface area (Å²) in [4.78, 5) is 0. The molecule has 0 unspecified atom stereocenters. The fraction of sp³-hybridized carbons (Fsp3) is 0.0370. The molecule has 14 heteroatoms. The number of halogens is 14. The van der Waals surface area contributed by atoms with Crippen molar-refractivity contribution in [3.05, 3.63) is 106 Å². The molecule has 0 aliphatic rings. The summed E-state index contributed by atoms with van der Waals surface area (Å²) in [5.74, 6) is -25.3. The first kappa shape index (κ1) is 28.2. The SMILES string of the molecule is Fc1cc(F)c(F)c(-c2c3c(F)cccc3c(-c3c(F)c(F)c(C(F)(F)F)c(F)c3F)c3c(F)ccc(F)c23)c1F. The van der Waals surface area contributed by atoms with E-state index in [-0.39, 0.29) is 18.2 Å². The molecule has 0 fully saturated rings. The quantitative estimate of drug-likeness (QED) is 0.108. The number of alkyl halides is 3. The van der Waals surface area contributed by atoms with Crippen molar-refractivity contribution in [3.8, 4) is 22.3 Å². The highest BCUT2D eigenvalue weighted by molar-refractivity contribution is 6.22. The molecule has 0 heterocycles. The summed E-state index contributed by atoms with van der Waals surface area (Å²) in [6, 6.07) is 2.09. The highest BCUT2D eigenvalue weighted by Crippen LogP contribution is 2.50. The third kappa shape index (κ3) is 3.98. The Kier molecular flexibility index (Phi) is 6.42. The van der Waals surface area contributed by atoms with E-state index in [0.29, 0.717) is 12.1 Å². The maximum Gasteiger partial charge on any atom is 0.422 e. The van der Waals surface area contributed by atoms with Gasteiger partial charge in [0.1, 0.15) is 23.0 Å². The first-order valence-corrected chi connectivity index (χ1v) is 10.9. The van der Waals surface area contributed by atoms with Crippen molar-refractivity contribution in [2.45, 2.75) is 6.18 Å². The topological polar surface area (TPSA) is 0 Å². The average Bonchev–Trinajstić information content (AvgIpc) is 2.88. The van der Waals surface area contributed by atoms with Gasteiger partial charge in [-0.1, -0.05) is 12.1 Å². The minimum atomic E-state index is -5.98. The second-order valence-corrected chi connectivity index (χ2v) is 8.54. The Labute approximate surface area is 218 Å². The average molecular weight is 596 g/mol. The van der Waals surface area contributed by atoms with E-state index in [2.05, 4.69) is 0 Å². The molecule has 212 valence electrons. The van der Waals surface area contributed by atoms with Crippen LogP contribution in [0.15, 0.2) is 36.4 Å². The Bertz CT molecular complexity index is 1880. The highest BCUT2D eigenvalue weighted by atomic mass is 19.4. The molecule has 0 bridgehead atoms. The fourth-order valence-corrected chi connectivity index (χ4v) is 4.69. The molecule has 0 aliphatic heterocycles. The summed E-state index contributed by atoms with van der Waals surface area (Å²) in [6.07, 6.45) is -5.98. The Morgan fingerprint density at radius 1 is 0.390 bits per heavy atom. The summed E-state index contributed by atoms with van der Waals surface area (Å²) in [6.45, 7) is 0. The van der Waals surface area contributed by atoms with E-state index in [1.54, 1.807) is 0 Å². The molecule has 0 radical (unpaired) electrons. The van der Waals surface area contributed by atoms with Gasteiger partial charge < -0.3 is 0 Å². The van der Waals surface area contributed by atoms with E-state index in [1.807, 2.05) is 0 Å². The van der Waals surface area contributed by atoms with Crippen LogP contribution < -0.4 is 0 Å². The first-order chi connectivity index (χ1) is 19.1. The molecule has 5 aromatic rings. The molecular formula is C27H6F14. The molecule has 0 nitrogen and oxygen atoms in total. The summed E-state index contributed by atoms with van der Waals surface area (Å²) in [5, 5.41) is -5.34. The molecule has 0 amide bonds. The van der Waals surface area contributed by atoms with E-state index in [0.717, 1.165) is 6.07 Å². The number of hydrogen-bond acceptors (Lipinski definition) is 0. The molecular weight excluding hydrogens is 590 g/mol. The van der Waals surface area contributed by atoms with Crippen molar-refractivity contribution in [1.82, 2.24) is 0 Å². The summed E-state index contributed by atoms with van der Waals surface area (Å²) in [5.41, 5.74) is -9.79. The molecule has 0 atom stereocenters. The zero-order valence-electron chi connectivity index (χ0n) is 19.3. The maximum absolute atomic E-state index is 15.3. The van der Waals surface area contributed by atoms with Crippen LogP contribution in [0.25, 0.3) is 43.8 Å². The van der Waals surface area contributed by atoms with E-state index >= 15 is 22.0 Å². The van der Waals surface area contributed by atoms with Gasteiger partial charge in [0.15, 0.2) is 46.5 Å². The number of hydrogen-bond donors (Lipinski definition) is 0. The number of rotatable bonds is 2. The first-order valence-electron chi connectivity index (χ1n) is 10.9. The molecule has 5 rings (SSSR count). The predicted molar refractivity (Wildman–Crippen MR) is 117 cm³/mol. The van der Waals surface area contributed by atoms with Gasteiger partial charge in [0, 0.05) is 33.4 Å². The van der Waals surface area contributed by atoms with Crippen LogP contribution in [-0.4, -0.2) is 0 Å². The maximum atomic E-state index is 15.3. The molecule has 5 aromatic carbocycles. The van der Waals surface area contributed by atoms with Crippen LogP contribution in [-0.2, 0) is 6.18 Å². The minimum Gasteiger partial charge on any atom is -0.206 e. The Morgan fingerprint density at radius 2 is 0.829 bits per heavy atom. The third-order valence-electron chi connectivity index (χ3n) is 6.30. The molecule has 0 saturated carbocycles. The lowest BCUT2D eigenvalue weighted by atomic mass is 9.84. The van der Waals surface area contributed by atoms with Gasteiger partial charge in [-0.05, 0) is 23.6 Å². The zero-order valence-corrected chi connectivity index (χ0v) is 19.3. The summed E-state index contributed by atoms with van der Waals surface area (Å²) in [7, 11) is 0. The number of benzene rings is 5. The Hall–Kier alpha value is -4.36. The van der Waals surface area contributed by atoms with Crippen LogP contribution >= 0.6 is 0 Å². The number of fused-ring (bicyclic) bond motifs is 2. The van der Waals surface area contributed by atoms with Gasteiger partial charge in [0.05, 0.1) is 11.1 Å². The molecule has 41 heavy (non-hydrogen) atoms. The highest BCUT2D eigenvalue weighted by Gasteiger charge is 2.43. The van der Waals surface area contributed by atoms with Crippen molar-refractivity contribution in [1.29, 1.82) is 0 Å². The molecule has 0 spiro atoms. The Morgan fingerprint density at radius 3 is 1.32 bits per heavy atom. The van der Waals surface area contributed by atoms with Crippen LogP contribution in [0.2, 0.25) is 0 Å². The van der Waals surface area contributed by atoms with E-state index in [1.165, 1.54) is 0 Å². The van der Waals surface area contributed by atoms with Gasteiger partial charge in [-0.3, -0.25) is 0 Å². The van der Waals surface area contributed by atoms with E-state index in [9.17, 15) is 39.5 Å². The fourth-order valence-electron chi connectivity index (χ4n) is 4.69. The van der Waals surface area contributed by atoms with Crippen LogP contribution in [0.4, 0.5) is 61.5 Å². The normalized spacial score (nSPS) is 12.1. The van der Waals surface area contributed by atoms with Crippen molar-refractivity contribution in [2.75, 3.05) is 0 Å². The lowest BCUT2D eigenvalue weighted by Gasteiger charge is -2.21. The lowest BCUT2D eigenvalue weighted by Crippen LogP contribution is -2.16. The summed E-state index contributed by atoms with van der Waals surface area (Å²) < 4.78 is 203. The predicted octanol–water partition coefficient (Wildman–Crippen LogP) is 9.88. The molecule has 0 aromatic heterocycles. The second kappa shape index (κ2) is 9.35. The Balaban J connectivity index is 2.16. The van der Waals surface area contributed by atoms with Crippen LogP contribution in [0.3, 0.4) is 0 Å². The molecule has 0 saturated heterocycles. The van der Waals surface area contributed by atoms with Gasteiger partial charge in [0.2, 0.25) is 0 Å². The van der Waals surface area contributed by atoms with Gasteiger partial charge in [-0.2, -0.15) is 13.2 Å². The molecule has 0 aliphatic carbocycles. The molecule has 0 N–H and O–H groups in total. The second-order valence-electron chi connectivity index (χ2n) is 8.54. The van der Waals surface area contributed by atoms with Crippen LogP contribution in [0.5, 0.6) is 0 Å². The van der Waals surface area contributed by atoms with Crippen molar-refractivity contribution >= 4 is 21.5 Å². The van der Waals surface area contributed by atoms with Gasteiger partial charge in [-0.15, -0.1) is 0 Å². The van der Waals surface area contributed by atoms with Gasteiger partial charge in [0.25, 0.3) is 0 Å². The van der Waals surface area contributed by atoms with Crippen LogP contribution in [0.1, 0.15) is 5.56 Å². The van der Waals surface area contributed by atoms with Crippen LogP contribution in [0, 0.1) is 64.0 Å². The standard InChI is InChI=1S/C27H6F14/c28-8-3-1-2-7-13(8)17(19-21(33)11(31)6-12(32)22(19)34)16-10(30)5-4-9(29)15(16)14(7)18-23(35)25(37)20(27(39,40)41)26(38)24(18)36/h1-6H. The minimum absolute atomic E-state index is 0.252. The van der Waals surface area contributed by atoms with Crippen molar-refractivity contribution in [3.63, 3.8) is 0 Å². The monoisotopic (exact) mass is 596 g/mol. The van der Waals surface area contributed by atoms with E-state index < -0.39 is 120 Å². The lowest BCUT2D eigenvalue weighted by molar-refractivity contribution is -0.143.